The van der Waals surface area contributed by atoms with E-state index < -0.39 is 0 Å². The molecular formula is C19H21N3O2. The van der Waals surface area contributed by atoms with Crippen molar-refractivity contribution in [1.29, 1.82) is 0 Å². The molecule has 2 N–H and O–H groups in total. The Balaban J connectivity index is 1.61. The van der Waals surface area contributed by atoms with E-state index in [2.05, 4.69) is 22.8 Å². The highest BCUT2D eigenvalue weighted by atomic mass is 16.2. The quantitative estimate of drug-likeness (QED) is 0.908. The first-order chi connectivity index (χ1) is 11.5. The maximum Gasteiger partial charge on any atom is 0.319 e. The van der Waals surface area contributed by atoms with Crippen LogP contribution in [0.4, 0.5) is 16.2 Å². The molecule has 0 spiro atoms. The predicted octanol–water partition coefficient (Wildman–Crippen LogP) is 3.48. The zero-order chi connectivity index (χ0) is 17.1. The number of urea groups is 1. The average molecular weight is 323 g/mol. The Morgan fingerprint density at radius 3 is 2.50 bits per heavy atom. The van der Waals surface area contributed by atoms with E-state index in [1.165, 1.54) is 18.1 Å². The van der Waals surface area contributed by atoms with Crippen LogP contribution in [0.2, 0.25) is 0 Å². The molecule has 1 aliphatic rings. The topological polar surface area (TPSA) is 61.4 Å². The Morgan fingerprint density at radius 2 is 1.79 bits per heavy atom. The van der Waals surface area contributed by atoms with Gasteiger partial charge < -0.3 is 15.5 Å². The van der Waals surface area contributed by atoms with E-state index in [0.29, 0.717) is 5.69 Å². The Hall–Kier alpha value is -2.82. The highest BCUT2D eigenvalue weighted by Gasteiger charge is 2.23. The number of hydrogen-bond acceptors (Lipinski definition) is 2. The lowest BCUT2D eigenvalue weighted by atomic mass is 10.1. The molecule has 3 rings (SSSR count). The zero-order valence-corrected chi connectivity index (χ0v) is 13.9. The predicted molar refractivity (Wildman–Crippen MR) is 95.2 cm³/mol. The van der Waals surface area contributed by atoms with E-state index in [0.717, 1.165) is 18.5 Å². The number of benzene rings is 2. The van der Waals surface area contributed by atoms with Crippen LogP contribution in [-0.4, -0.2) is 19.0 Å². The molecule has 5 nitrogen and oxygen atoms in total. The van der Waals surface area contributed by atoms with Gasteiger partial charge in [-0.2, -0.15) is 0 Å². The molecule has 0 bridgehead atoms. The van der Waals surface area contributed by atoms with Crippen LogP contribution >= 0.6 is 0 Å². The van der Waals surface area contributed by atoms with Crippen LogP contribution in [0.1, 0.15) is 30.5 Å². The molecule has 0 fully saturated rings. The summed E-state index contributed by atoms with van der Waals surface area (Å²) in [4.78, 5) is 25.1. The summed E-state index contributed by atoms with van der Waals surface area (Å²) in [5.41, 5.74) is 3.99. The van der Waals surface area contributed by atoms with Crippen LogP contribution in [0.3, 0.4) is 0 Å². The number of anilines is 2. The molecule has 0 aliphatic heterocycles. The van der Waals surface area contributed by atoms with Crippen molar-refractivity contribution in [3.63, 3.8) is 0 Å². The SMILES string of the molecule is CC(=O)N(C)c1ccc(NC(=O)NC2CCc3ccccc32)cc1. The number of nitrogens with one attached hydrogen (secondary N) is 2. The molecule has 0 radical (unpaired) electrons. The van der Waals surface area contributed by atoms with Gasteiger partial charge in [-0.1, -0.05) is 24.3 Å². The number of amides is 3. The lowest BCUT2D eigenvalue weighted by Crippen LogP contribution is -2.31. The second-order valence-electron chi connectivity index (χ2n) is 6.01. The third-order valence-electron chi connectivity index (χ3n) is 4.42. The van der Waals surface area contributed by atoms with Crippen molar-refractivity contribution >= 4 is 23.3 Å². The summed E-state index contributed by atoms with van der Waals surface area (Å²) < 4.78 is 0. The van der Waals surface area contributed by atoms with E-state index in [4.69, 9.17) is 0 Å². The van der Waals surface area contributed by atoms with Crippen LogP contribution in [-0.2, 0) is 11.2 Å². The van der Waals surface area contributed by atoms with Gasteiger partial charge in [0.25, 0.3) is 0 Å². The first kappa shape index (κ1) is 16.1. The minimum Gasteiger partial charge on any atom is -0.331 e. The van der Waals surface area contributed by atoms with Gasteiger partial charge in [0.15, 0.2) is 0 Å². The molecule has 2 aromatic carbocycles. The molecule has 2 aromatic rings. The molecule has 0 aromatic heterocycles. The van der Waals surface area contributed by atoms with E-state index >= 15 is 0 Å². The highest BCUT2D eigenvalue weighted by molar-refractivity contribution is 5.92. The molecule has 0 saturated carbocycles. The number of rotatable bonds is 3. The van der Waals surface area contributed by atoms with Crippen molar-refractivity contribution in [1.82, 2.24) is 5.32 Å². The van der Waals surface area contributed by atoms with Gasteiger partial charge in [0.05, 0.1) is 6.04 Å². The fourth-order valence-corrected chi connectivity index (χ4v) is 2.98. The molecule has 124 valence electrons. The minimum atomic E-state index is -0.218. The largest absolute Gasteiger partial charge is 0.331 e. The van der Waals surface area contributed by atoms with Crippen LogP contribution in [0.25, 0.3) is 0 Å². The fraction of sp³-hybridized carbons (Fsp3) is 0.263. The molecule has 1 atom stereocenters. The third-order valence-corrected chi connectivity index (χ3v) is 4.42. The maximum absolute atomic E-state index is 12.2. The Bertz CT molecular complexity index is 755. The van der Waals surface area contributed by atoms with Gasteiger partial charge in [-0.3, -0.25) is 4.79 Å². The van der Waals surface area contributed by atoms with E-state index in [9.17, 15) is 9.59 Å². The average Bonchev–Trinajstić information content (AvgIpc) is 2.98. The van der Waals surface area contributed by atoms with Crippen LogP contribution < -0.4 is 15.5 Å². The molecule has 0 heterocycles. The van der Waals surface area contributed by atoms with Crippen LogP contribution in [0.15, 0.2) is 48.5 Å². The summed E-state index contributed by atoms with van der Waals surface area (Å²) in [6.45, 7) is 1.51. The summed E-state index contributed by atoms with van der Waals surface area (Å²) >= 11 is 0. The third kappa shape index (κ3) is 3.40. The Labute approximate surface area is 141 Å². The van der Waals surface area contributed by atoms with Gasteiger partial charge in [-0.05, 0) is 48.2 Å². The molecule has 3 amide bonds. The lowest BCUT2D eigenvalue weighted by Gasteiger charge is -2.17. The van der Waals surface area contributed by atoms with Gasteiger partial charge in [-0.25, -0.2) is 4.79 Å². The van der Waals surface area contributed by atoms with Gasteiger partial charge in [0, 0.05) is 25.3 Å². The number of carbonyl (C=O) groups excluding carboxylic acids is 2. The Kier molecular flexibility index (Phi) is 4.51. The van der Waals surface area contributed by atoms with Crippen molar-refractivity contribution in [2.75, 3.05) is 17.3 Å². The van der Waals surface area contributed by atoms with Crippen molar-refractivity contribution in [3.05, 3.63) is 59.7 Å². The van der Waals surface area contributed by atoms with E-state index in [1.807, 2.05) is 24.3 Å². The van der Waals surface area contributed by atoms with Crippen LogP contribution in [0, 0.1) is 0 Å². The number of nitrogens with zero attached hydrogens (tertiary/aromatic N) is 1. The molecular weight excluding hydrogens is 302 g/mol. The summed E-state index contributed by atoms with van der Waals surface area (Å²) in [5, 5.41) is 5.87. The normalized spacial score (nSPS) is 15.5. The van der Waals surface area contributed by atoms with Crippen molar-refractivity contribution < 1.29 is 9.59 Å². The van der Waals surface area contributed by atoms with Crippen LogP contribution in [0.5, 0.6) is 0 Å². The van der Waals surface area contributed by atoms with E-state index in [-0.39, 0.29) is 18.0 Å². The molecule has 5 heteroatoms. The number of carbonyl (C=O) groups is 2. The summed E-state index contributed by atoms with van der Waals surface area (Å²) in [6.07, 6.45) is 1.92. The maximum atomic E-state index is 12.2. The summed E-state index contributed by atoms with van der Waals surface area (Å²) in [6, 6.07) is 15.2. The minimum absolute atomic E-state index is 0.0339. The summed E-state index contributed by atoms with van der Waals surface area (Å²) in [7, 11) is 1.72. The van der Waals surface area contributed by atoms with Crippen molar-refractivity contribution in [2.45, 2.75) is 25.8 Å². The monoisotopic (exact) mass is 323 g/mol. The molecule has 24 heavy (non-hydrogen) atoms. The smallest absolute Gasteiger partial charge is 0.319 e. The lowest BCUT2D eigenvalue weighted by molar-refractivity contribution is -0.116. The highest BCUT2D eigenvalue weighted by Crippen LogP contribution is 2.30. The summed E-state index contributed by atoms with van der Waals surface area (Å²) in [5.74, 6) is -0.0339. The molecule has 0 saturated heterocycles. The Morgan fingerprint density at radius 1 is 1.08 bits per heavy atom. The molecule has 1 aliphatic carbocycles. The molecule has 1 unspecified atom stereocenters. The fourth-order valence-electron chi connectivity index (χ4n) is 2.98. The number of aryl methyl sites for hydroxylation is 1. The second-order valence-corrected chi connectivity index (χ2v) is 6.01. The van der Waals surface area contributed by atoms with Crippen molar-refractivity contribution in [3.8, 4) is 0 Å². The van der Waals surface area contributed by atoms with E-state index in [1.54, 1.807) is 24.1 Å². The first-order valence-corrected chi connectivity index (χ1v) is 8.04. The van der Waals surface area contributed by atoms with Gasteiger partial charge in [-0.15, -0.1) is 0 Å². The standard InChI is InChI=1S/C19H21N3O2/c1-13(23)22(2)16-10-8-15(9-11-16)20-19(24)21-18-12-7-14-5-3-4-6-17(14)18/h3-6,8-11,18H,7,12H2,1-2H3,(H2,20,21,24). The van der Waals surface area contributed by atoms with Gasteiger partial charge in [0.1, 0.15) is 0 Å². The first-order valence-electron chi connectivity index (χ1n) is 8.04. The van der Waals surface area contributed by atoms with Gasteiger partial charge in [0.2, 0.25) is 5.91 Å². The second kappa shape index (κ2) is 6.74. The number of hydrogen-bond donors (Lipinski definition) is 2. The number of fused-ring (bicyclic) bond motifs is 1. The van der Waals surface area contributed by atoms with Gasteiger partial charge >= 0.3 is 6.03 Å². The van der Waals surface area contributed by atoms with Crippen molar-refractivity contribution in [2.24, 2.45) is 0 Å². The zero-order valence-electron chi connectivity index (χ0n) is 13.9.